The van der Waals surface area contributed by atoms with Crippen LogP contribution < -0.4 is 14.2 Å². The second-order valence-corrected chi connectivity index (χ2v) is 7.84. The third-order valence-electron chi connectivity index (χ3n) is 4.91. The van der Waals surface area contributed by atoms with Crippen molar-refractivity contribution in [1.82, 2.24) is 9.47 Å². The van der Waals surface area contributed by atoms with Gasteiger partial charge in [0.1, 0.15) is 5.69 Å². The Balaban J connectivity index is 2.36. The molecule has 1 aliphatic heterocycles. The summed E-state index contributed by atoms with van der Waals surface area (Å²) in [5.41, 5.74) is 1.89. The van der Waals surface area contributed by atoms with Gasteiger partial charge in [-0.15, -0.1) is 0 Å². The molecule has 0 saturated carbocycles. The van der Waals surface area contributed by atoms with Crippen molar-refractivity contribution >= 4 is 38.6 Å². The topological polar surface area (TPSA) is 70.0 Å². The Morgan fingerprint density at radius 1 is 1.18 bits per heavy atom. The van der Waals surface area contributed by atoms with Gasteiger partial charge in [-0.05, 0) is 25.5 Å². The van der Waals surface area contributed by atoms with Crippen LogP contribution in [0.1, 0.15) is 34.2 Å². The number of amides is 2. The summed E-state index contributed by atoms with van der Waals surface area (Å²) in [6, 6.07) is 1.83. The highest BCUT2D eigenvalue weighted by Crippen LogP contribution is 2.48. The normalized spacial score (nSPS) is 15.1. The number of aromatic nitrogens is 1. The number of ether oxygens (including phenoxy) is 3. The molecule has 0 bridgehead atoms. The molecule has 1 atom stereocenters. The van der Waals surface area contributed by atoms with Crippen LogP contribution in [0.2, 0.25) is 0 Å². The van der Waals surface area contributed by atoms with Crippen molar-refractivity contribution in [2.75, 3.05) is 27.9 Å². The van der Waals surface area contributed by atoms with E-state index < -0.39 is 0 Å². The second kappa shape index (κ2) is 7.87. The van der Waals surface area contributed by atoms with Gasteiger partial charge in [0, 0.05) is 29.4 Å². The number of alkyl halides is 1. The first-order valence-electron chi connectivity index (χ1n) is 8.85. The number of carbonyl (C=O) groups excluding carboxylic acids is 2. The van der Waals surface area contributed by atoms with Gasteiger partial charge in [0.25, 0.3) is 11.8 Å². The Hall–Kier alpha value is -2.48. The minimum absolute atomic E-state index is 0.145. The van der Waals surface area contributed by atoms with Crippen LogP contribution in [-0.2, 0) is 11.8 Å². The molecule has 0 fully saturated rings. The Kier molecular flexibility index (Phi) is 5.69. The molecular formula is C20H23BrN2O5. The summed E-state index contributed by atoms with van der Waals surface area (Å²) in [6.07, 6.45) is 3.86. The number of hydrogen-bond donors (Lipinski definition) is 0. The van der Waals surface area contributed by atoms with E-state index >= 15 is 0 Å². The van der Waals surface area contributed by atoms with E-state index in [0.29, 0.717) is 41.4 Å². The SMILES string of the molecule is COc1cc2c(C(C)Br)c(C(=O)N3CCC=CC3=O)n(C)c2c(OC)c1OC. The lowest BCUT2D eigenvalue weighted by atomic mass is 10.1. The first-order chi connectivity index (χ1) is 13.4. The molecule has 1 aliphatic rings. The maximum Gasteiger partial charge on any atom is 0.277 e. The Bertz CT molecular complexity index is 977. The zero-order valence-corrected chi connectivity index (χ0v) is 18.1. The van der Waals surface area contributed by atoms with E-state index in [4.69, 9.17) is 14.2 Å². The van der Waals surface area contributed by atoms with Crippen molar-refractivity contribution in [1.29, 1.82) is 0 Å². The molecule has 8 heteroatoms. The van der Waals surface area contributed by atoms with Crippen molar-refractivity contribution < 1.29 is 23.8 Å². The number of carbonyl (C=O) groups is 2. The molecule has 0 spiro atoms. The van der Waals surface area contributed by atoms with Gasteiger partial charge in [-0.25, -0.2) is 0 Å². The number of benzene rings is 1. The lowest BCUT2D eigenvalue weighted by Crippen LogP contribution is -2.39. The Morgan fingerprint density at radius 3 is 2.39 bits per heavy atom. The van der Waals surface area contributed by atoms with E-state index in [0.717, 1.165) is 10.9 Å². The van der Waals surface area contributed by atoms with Crippen LogP contribution >= 0.6 is 15.9 Å². The van der Waals surface area contributed by atoms with E-state index in [1.807, 2.05) is 13.0 Å². The van der Waals surface area contributed by atoms with Gasteiger partial charge < -0.3 is 18.8 Å². The highest BCUT2D eigenvalue weighted by atomic mass is 79.9. The summed E-state index contributed by atoms with van der Waals surface area (Å²) in [5.74, 6) is 0.773. The predicted octanol–water partition coefficient (Wildman–Crippen LogP) is 3.59. The standard InChI is InChI=1S/C20H23BrN2O5/c1-11(21)15-12-10-13(26-3)18(27-4)19(28-5)16(12)22(2)17(15)20(25)23-9-7-6-8-14(23)24/h6,8,10-11H,7,9H2,1-5H3. The van der Waals surface area contributed by atoms with E-state index in [9.17, 15) is 9.59 Å². The highest BCUT2D eigenvalue weighted by molar-refractivity contribution is 9.09. The Labute approximate surface area is 172 Å². The van der Waals surface area contributed by atoms with Crippen LogP contribution in [0.3, 0.4) is 0 Å². The first kappa shape index (κ1) is 20.3. The summed E-state index contributed by atoms with van der Waals surface area (Å²) in [5, 5.41) is 0.796. The van der Waals surface area contributed by atoms with Crippen molar-refractivity contribution in [3.8, 4) is 17.2 Å². The van der Waals surface area contributed by atoms with E-state index in [1.165, 1.54) is 18.1 Å². The maximum atomic E-state index is 13.4. The van der Waals surface area contributed by atoms with Crippen LogP contribution in [0.15, 0.2) is 18.2 Å². The quantitative estimate of drug-likeness (QED) is 0.514. The molecule has 150 valence electrons. The van der Waals surface area contributed by atoms with Crippen LogP contribution in [0.25, 0.3) is 10.9 Å². The molecule has 3 rings (SSSR count). The third-order valence-corrected chi connectivity index (χ3v) is 5.37. The average Bonchev–Trinajstić information content (AvgIpc) is 2.98. The van der Waals surface area contributed by atoms with Crippen LogP contribution in [0.4, 0.5) is 0 Å². The van der Waals surface area contributed by atoms with Crippen molar-refractivity contribution in [3.63, 3.8) is 0 Å². The number of nitrogens with zero attached hydrogens (tertiary/aromatic N) is 2. The zero-order valence-electron chi connectivity index (χ0n) is 16.5. The van der Waals surface area contributed by atoms with Crippen LogP contribution in [0, 0.1) is 0 Å². The first-order valence-corrected chi connectivity index (χ1v) is 9.76. The molecule has 1 aromatic carbocycles. The van der Waals surface area contributed by atoms with Crippen molar-refractivity contribution in [2.24, 2.45) is 7.05 Å². The van der Waals surface area contributed by atoms with Crippen LogP contribution in [-0.4, -0.2) is 49.2 Å². The molecule has 1 aromatic heterocycles. The fourth-order valence-corrected chi connectivity index (χ4v) is 4.14. The average molecular weight is 451 g/mol. The van der Waals surface area contributed by atoms with Crippen LogP contribution in [0.5, 0.6) is 17.2 Å². The van der Waals surface area contributed by atoms with Crippen molar-refractivity contribution in [2.45, 2.75) is 18.2 Å². The fraction of sp³-hybridized carbons (Fsp3) is 0.400. The zero-order chi connectivity index (χ0) is 20.6. The molecule has 0 saturated heterocycles. The van der Waals surface area contributed by atoms with Gasteiger partial charge >= 0.3 is 0 Å². The third kappa shape index (κ3) is 3.05. The summed E-state index contributed by atoms with van der Waals surface area (Å²) in [6.45, 7) is 2.29. The van der Waals surface area contributed by atoms with Gasteiger partial charge in [0.05, 0.1) is 26.8 Å². The molecule has 1 unspecified atom stereocenters. The minimum Gasteiger partial charge on any atom is -0.493 e. The van der Waals surface area contributed by atoms with Gasteiger partial charge in [-0.1, -0.05) is 22.0 Å². The van der Waals surface area contributed by atoms with Gasteiger partial charge in [0.2, 0.25) is 5.75 Å². The van der Waals surface area contributed by atoms with E-state index in [2.05, 4.69) is 15.9 Å². The lowest BCUT2D eigenvalue weighted by Gasteiger charge is -2.22. The molecule has 2 heterocycles. The largest absolute Gasteiger partial charge is 0.493 e. The molecule has 0 aliphatic carbocycles. The molecule has 0 N–H and O–H groups in total. The number of methoxy groups -OCH3 is 3. The maximum absolute atomic E-state index is 13.4. The van der Waals surface area contributed by atoms with Gasteiger partial charge in [-0.2, -0.15) is 0 Å². The number of fused-ring (bicyclic) bond motifs is 1. The summed E-state index contributed by atoms with van der Waals surface area (Å²) >= 11 is 3.61. The fourth-order valence-electron chi connectivity index (χ4n) is 3.68. The summed E-state index contributed by atoms with van der Waals surface area (Å²) < 4.78 is 18.4. The number of aryl methyl sites for hydroxylation is 1. The second-order valence-electron chi connectivity index (χ2n) is 6.46. The number of imide groups is 1. The van der Waals surface area contributed by atoms with Gasteiger partial charge in [-0.3, -0.25) is 14.5 Å². The smallest absolute Gasteiger partial charge is 0.277 e. The molecule has 28 heavy (non-hydrogen) atoms. The molecule has 0 radical (unpaired) electrons. The lowest BCUT2D eigenvalue weighted by molar-refractivity contribution is -0.124. The monoisotopic (exact) mass is 450 g/mol. The summed E-state index contributed by atoms with van der Waals surface area (Å²) in [4.78, 5) is 26.8. The number of hydrogen-bond acceptors (Lipinski definition) is 5. The molecule has 7 nitrogen and oxygen atoms in total. The van der Waals surface area contributed by atoms with Crippen molar-refractivity contribution in [3.05, 3.63) is 29.5 Å². The molecule has 2 aromatic rings. The number of halogens is 1. The van der Waals surface area contributed by atoms with E-state index in [-0.39, 0.29) is 16.6 Å². The van der Waals surface area contributed by atoms with E-state index in [1.54, 1.807) is 31.9 Å². The summed E-state index contributed by atoms with van der Waals surface area (Å²) in [7, 11) is 6.41. The highest BCUT2D eigenvalue weighted by Gasteiger charge is 2.33. The van der Waals surface area contributed by atoms with Gasteiger partial charge in [0.15, 0.2) is 11.5 Å². The predicted molar refractivity (Wildman–Crippen MR) is 110 cm³/mol. The molecular weight excluding hydrogens is 428 g/mol. The Morgan fingerprint density at radius 2 is 1.86 bits per heavy atom. The number of rotatable bonds is 5. The minimum atomic E-state index is -0.339. The molecule has 2 amide bonds.